The number of aliphatic hydroxyl groups is 1. The second-order valence-corrected chi connectivity index (χ2v) is 6.72. The third-order valence-electron chi connectivity index (χ3n) is 4.72. The highest BCUT2D eigenvalue weighted by Gasteiger charge is 2.19. The van der Waals surface area contributed by atoms with Crippen LogP contribution in [0.25, 0.3) is 11.2 Å². The molecule has 4 rings (SSSR count). The van der Waals surface area contributed by atoms with E-state index in [9.17, 15) is 9.50 Å². The lowest BCUT2D eigenvalue weighted by molar-refractivity contribution is 0.0199. The third-order valence-corrected chi connectivity index (χ3v) is 4.72. The molecule has 1 aliphatic heterocycles. The lowest BCUT2D eigenvalue weighted by Gasteiger charge is -2.16. The number of aromatic nitrogens is 4. The molecule has 8 heteroatoms. The van der Waals surface area contributed by atoms with E-state index in [1.165, 1.54) is 12.4 Å². The van der Waals surface area contributed by atoms with Gasteiger partial charge in [0.05, 0.1) is 32.2 Å². The zero-order valence-electron chi connectivity index (χ0n) is 15.0. The van der Waals surface area contributed by atoms with Gasteiger partial charge in [-0.25, -0.2) is 19.3 Å². The molecule has 7 nitrogen and oxygen atoms in total. The molecular weight excluding hydrogens is 349 g/mol. The van der Waals surface area contributed by atoms with Crippen LogP contribution in [-0.2, 0) is 17.9 Å². The Morgan fingerprint density at radius 1 is 1.15 bits per heavy atom. The molecule has 2 aromatic heterocycles. The van der Waals surface area contributed by atoms with Crippen LogP contribution in [0.15, 0.2) is 36.9 Å². The summed E-state index contributed by atoms with van der Waals surface area (Å²) in [5, 5.41) is 10.3. The molecule has 0 amide bonds. The van der Waals surface area contributed by atoms with Gasteiger partial charge >= 0.3 is 0 Å². The fraction of sp³-hybridized carbons (Fsp3) is 0.421. The van der Waals surface area contributed by atoms with Crippen molar-refractivity contribution in [3.8, 4) is 0 Å². The highest BCUT2D eigenvalue weighted by molar-refractivity contribution is 5.83. The van der Waals surface area contributed by atoms with Crippen LogP contribution in [0.2, 0.25) is 0 Å². The summed E-state index contributed by atoms with van der Waals surface area (Å²) in [5.74, 6) is 0.542. The molecule has 0 bridgehead atoms. The number of imidazole rings is 1. The van der Waals surface area contributed by atoms with Crippen molar-refractivity contribution in [1.82, 2.24) is 19.5 Å². The Hall–Kier alpha value is -2.58. The first-order valence-corrected chi connectivity index (χ1v) is 9.12. The Morgan fingerprint density at radius 3 is 2.78 bits per heavy atom. The molecule has 0 radical (unpaired) electrons. The van der Waals surface area contributed by atoms with Gasteiger partial charge in [0.25, 0.3) is 0 Å². The summed E-state index contributed by atoms with van der Waals surface area (Å²) in [7, 11) is 0. The molecule has 1 atom stereocenters. The molecular formula is C19H22FN5O2. The van der Waals surface area contributed by atoms with E-state index in [1.54, 1.807) is 29.1 Å². The van der Waals surface area contributed by atoms with E-state index < -0.39 is 6.10 Å². The largest absolute Gasteiger partial charge is 0.389 e. The van der Waals surface area contributed by atoms with E-state index in [0.29, 0.717) is 17.8 Å². The standard InChI is InChI=1S/C19H22FN5O2/c20-16-6-2-1-5-14(16)10-27-11-15(26)9-25-13-23-17-18(21-12-22-19(17)25)24-7-3-4-8-24/h1-2,5-6,12-13,15,26H,3-4,7-11H2. The van der Waals surface area contributed by atoms with Crippen LogP contribution in [0.1, 0.15) is 18.4 Å². The molecule has 3 heterocycles. The van der Waals surface area contributed by atoms with Crippen LogP contribution < -0.4 is 4.90 Å². The number of hydrogen-bond acceptors (Lipinski definition) is 6. The molecule has 1 fully saturated rings. The van der Waals surface area contributed by atoms with Crippen molar-refractivity contribution in [1.29, 1.82) is 0 Å². The zero-order valence-corrected chi connectivity index (χ0v) is 15.0. The number of benzene rings is 1. The van der Waals surface area contributed by atoms with Gasteiger partial charge < -0.3 is 19.3 Å². The number of aliphatic hydroxyl groups excluding tert-OH is 1. The highest BCUT2D eigenvalue weighted by atomic mass is 19.1. The average Bonchev–Trinajstić information content (AvgIpc) is 3.34. The summed E-state index contributed by atoms with van der Waals surface area (Å²) in [6, 6.07) is 6.45. The molecule has 142 valence electrons. The van der Waals surface area contributed by atoms with Gasteiger partial charge in [0, 0.05) is 18.7 Å². The molecule has 1 aliphatic rings. The minimum Gasteiger partial charge on any atom is -0.389 e. The van der Waals surface area contributed by atoms with Crippen LogP contribution >= 0.6 is 0 Å². The smallest absolute Gasteiger partial charge is 0.165 e. The second-order valence-electron chi connectivity index (χ2n) is 6.72. The SMILES string of the molecule is OC(COCc1ccccc1F)Cn1cnc2c(N3CCCC3)ncnc21. The van der Waals surface area contributed by atoms with Gasteiger partial charge in [-0.2, -0.15) is 0 Å². The summed E-state index contributed by atoms with van der Waals surface area (Å²) in [6.07, 6.45) is 4.77. The van der Waals surface area contributed by atoms with Crippen LogP contribution in [-0.4, -0.2) is 50.4 Å². The normalized spacial score (nSPS) is 15.6. The van der Waals surface area contributed by atoms with Gasteiger partial charge in [-0.05, 0) is 18.9 Å². The summed E-state index contributed by atoms with van der Waals surface area (Å²) < 4.78 is 20.8. The highest BCUT2D eigenvalue weighted by Crippen LogP contribution is 2.24. The van der Waals surface area contributed by atoms with Gasteiger partial charge in [0.15, 0.2) is 17.0 Å². The van der Waals surface area contributed by atoms with Crippen molar-refractivity contribution < 1.29 is 14.2 Å². The number of nitrogens with zero attached hydrogens (tertiary/aromatic N) is 5. The number of halogens is 1. The van der Waals surface area contributed by atoms with Crippen molar-refractivity contribution in [2.45, 2.75) is 32.1 Å². The Morgan fingerprint density at radius 2 is 1.96 bits per heavy atom. The number of hydrogen-bond donors (Lipinski definition) is 1. The first-order valence-electron chi connectivity index (χ1n) is 9.12. The molecule has 3 aromatic rings. The van der Waals surface area contributed by atoms with Crippen LogP contribution in [0.5, 0.6) is 0 Å². The average molecular weight is 371 g/mol. The Balaban J connectivity index is 1.39. The molecule has 1 N–H and O–H groups in total. The minimum absolute atomic E-state index is 0.0953. The number of fused-ring (bicyclic) bond motifs is 1. The Kier molecular flexibility index (Phi) is 5.26. The number of ether oxygens (including phenoxy) is 1. The van der Waals surface area contributed by atoms with Crippen LogP contribution in [0.4, 0.5) is 10.2 Å². The lowest BCUT2D eigenvalue weighted by Crippen LogP contribution is -2.22. The summed E-state index contributed by atoms with van der Waals surface area (Å²) in [6.45, 7) is 2.47. The lowest BCUT2D eigenvalue weighted by atomic mass is 10.2. The number of rotatable bonds is 7. The van der Waals surface area contributed by atoms with Gasteiger partial charge in [-0.15, -0.1) is 0 Å². The fourth-order valence-corrected chi connectivity index (χ4v) is 3.36. The van der Waals surface area contributed by atoms with E-state index in [4.69, 9.17) is 4.74 Å². The first-order chi connectivity index (χ1) is 13.2. The fourth-order valence-electron chi connectivity index (χ4n) is 3.36. The van der Waals surface area contributed by atoms with Crippen molar-refractivity contribution in [2.75, 3.05) is 24.6 Å². The monoisotopic (exact) mass is 371 g/mol. The second kappa shape index (κ2) is 7.98. The maximum atomic E-state index is 13.6. The topological polar surface area (TPSA) is 76.3 Å². The third kappa shape index (κ3) is 3.91. The van der Waals surface area contributed by atoms with Crippen LogP contribution in [0, 0.1) is 5.82 Å². The Bertz CT molecular complexity index is 910. The minimum atomic E-state index is -0.751. The van der Waals surface area contributed by atoms with E-state index >= 15 is 0 Å². The van der Waals surface area contributed by atoms with Crippen LogP contribution in [0.3, 0.4) is 0 Å². The quantitative estimate of drug-likeness (QED) is 0.686. The first kappa shape index (κ1) is 17.8. The van der Waals surface area contributed by atoms with E-state index in [1.807, 2.05) is 0 Å². The molecule has 1 saturated heterocycles. The Labute approximate surface area is 156 Å². The zero-order chi connectivity index (χ0) is 18.6. The summed E-state index contributed by atoms with van der Waals surface area (Å²) in [4.78, 5) is 15.4. The summed E-state index contributed by atoms with van der Waals surface area (Å²) >= 11 is 0. The number of anilines is 1. The molecule has 27 heavy (non-hydrogen) atoms. The molecule has 0 spiro atoms. The van der Waals surface area contributed by atoms with Gasteiger partial charge in [-0.1, -0.05) is 18.2 Å². The van der Waals surface area contributed by atoms with E-state index in [2.05, 4.69) is 19.9 Å². The summed E-state index contributed by atoms with van der Waals surface area (Å²) in [5.41, 5.74) is 1.92. The molecule has 0 saturated carbocycles. The van der Waals surface area contributed by atoms with Crippen molar-refractivity contribution in [3.05, 3.63) is 48.3 Å². The van der Waals surface area contributed by atoms with Gasteiger partial charge in [0.2, 0.25) is 0 Å². The predicted octanol–water partition coefficient (Wildman–Crippen LogP) is 2.14. The molecule has 1 unspecified atom stereocenters. The maximum absolute atomic E-state index is 13.6. The molecule has 1 aromatic carbocycles. The molecule has 0 aliphatic carbocycles. The van der Waals surface area contributed by atoms with Crippen molar-refractivity contribution in [2.24, 2.45) is 0 Å². The van der Waals surface area contributed by atoms with Gasteiger partial charge in [0.1, 0.15) is 12.1 Å². The predicted molar refractivity (Wildman–Crippen MR) is 98.8 cm³/mol. The van der Waals surface area contributed by atoms with Gasteiger partial charge in [-0.3, -0.25) is 0 Å². The maximum Gasteiger partial charge on any atom is 0.165 e. The van der Waals surface area contributed by atoms with E-state index in [0.717, 1.165) is 37.3 Å². The van der Waals surface area contributed by atoms with E-state index in [-0.39, 0.29) is 19.0 Å². The van der Waals surface area contributed by atoms with Crippen molar-refractivity contribution in [3.63, 3.8) is 0 Å². The van der Waals surface area contributed by atoms with Crippen molar-refractivity contribution >= 4 is 17.0 Å².